The zero-order chi connectivity index (χ0) is 20.1. The molecular weight excluding hydrogens is 393 g/mol. The second kappa shape index (κ2) is 6.26. The number of hydrogen-bond acceptors (Lipinski definition) is 5. The Kier molecular flexibility index (Phi) is 4.11. The third-order valence-electron chi connectivity index (χ3n) is 4.33. The summed E-state index contributed by atoms with van der Waals surface area (Å²) in [6, 6.07) is 9.70. The highest BCUT2D eigenvalue weighted by Crippen LogP contribution is 2.36. The summed E-state index contributed by atoms with van der Waals surface area (Å²) in [6.45, 7) is 1.49. The van der Waals surface area contributed by atoms with Gasteiger partial charge in [-0.3, -0.25) is 4.98 Å². The van der Waals surface area contributed by atoms with Crippen LogP contribution in [-0.2, 0) is 16.0 Å². The van der Waals surface area contributed by atoms with Gasteiger partial charge in [0, 0.05) is 11.6 Å². The Bertz CT molecular complexity index is 1310. The van der Waals surface area contributed by atoms with Crippen molar-refractivity contribution in [3.63, 3.8) is 0 Å². The molecule has 0 spiro atoms. The van der Waals surface area contributed by atoms with Gasteiger partial charge in [-0.1, -0.05) is 25.1 Å². The van der Waals surface area contributed by atoms with Crippen molar-refractivity contribution in [2.24, 2.45) is 0 Å². The summed E-state index contributed by atoms with van der Waals surface area (Å²) in [6.07, 6.45) is -3.19. The van der Waals surface area contributed by atoms with Crippen molar-refractivity contribution < 1.29 is 21.6 Å². The van der Waals surface area contributed by atoms with E-state index >= 15 is 0 Å². The molecule has 144 valence electrons. The third kappa shape index (κ3) is 2.89. The van der Waals surface area contributed by atoms with E-state index < -0.39 is 21.6 Å². The number of benzene rings is 1. The SMILES string of the molecule is CCS(=O)(=O)c1cccnc1-c1nc2cc(C(F)(F)F)c3ccccc3n2n1. The Morgan fingerprint density at radius 3 is 2.57 bits per heavy atom. The Morgan fingerprint density at radius 1 is 1.11 bits per heavy atom. The lowest BCUT2D eigenvalue weighted by molar-refractivity contribution is -0.136. The van der Waals surface area contributed by atoms with Crippen LogP contribution in [0.25, 0.3) is 28.1 Å². The monoisotopic (exact) mass is 406 g/mol. The van der Waals surface area contributed by atoms with Crippen LogP contribution in [0.5, 0.6) is 0 Å². The number of hydrogen-bond donors (Lipinski definition) is 0. The average Bonchev–Trinajstić information content (AvgIpc) is 3.11. The largest absolute Gasteiger partial charge is 0.417 e. The maximum Gasteiger partial charge on any atom is 0.417 e. The fourth-order valence-corrected chi connectivity index (χ4v) is 4.02. The van der Waals surface area contributed by atoms with Gasteiger partial charge in [0.15, 0.2) is 15.5 Å². The number of nitrogens with zero attached hydrogens (tertiary/aromatic N) is 4. The van der Waals surface area contributed by atoms with Crippen LogP contribution in [0.4, 0.5) is 13.2 Å². The minimum Gasteiger partial charge on any atom is -0.251 e. The van der Waals surface area contributed by atoms with Gasteiger partial charge in [0.1, 0.15) is 5.69 Å². The molecule has 0 aliphatic rings. The van der Waals surface area contributed by atoms with Crippen LogP contribution in [-0.4, -0.2) is 33.8 Å². The van der Waals surface area contributed by atoms with Gasteiger partial charge in [-0.2, -0.15) is 13.2 Å². The first-order valence-electron chi connectivity index (χ1n) is 8.26. The lowest BCUT2D eigenvalue weighted by Crippen LogP contribution is -2.08. The first-order valence-corrected chi connectivity index (χ1v) is 9.91. The van der Waals surface area contributed by atoms with Crippen LogP contribution in [0, 0.1) is 0 Å². The number of fused-ring (bicyclic) bond motifs is 3. The maximum absolute atomic E-state index is 13.5. The van der Waals surface area contributed by atoms with Crippen molar-refractivity contribution >= 4 is 26.4 Å². The molecule has 0 unspecified atom stereocenters. The second-order valence-corrected chi connectivity index (χ2v) is 8.28. The molecule has 28 heavy (non-hydrogen) atoms. The number of aromatic nitrogens is 4. The van der Waals surface area contributed by atoms with Gasteiger partial charge in [-0.25, -0.2) is 17.9 Å². The number of para-hydroxylation sites is 1. The van der Waals surface area contributed by atoms with Crippen LogP contribution >= 0.6 is 0 Å². The van der Waals surface area contributed by atoms with Crippen LogP contribution in [0.15, 0.2) is 53.6 Å². The van der Waals surface area contributed by atoms with Crippen LogP contribution in [0.1, 0.15) is 12.5 Å². The van der Waals surface area contributed by atoms with Crippen molar-refractivity contribution in [3.8, 4) is 11.5 Å². The summed E-state index contributed by atoms with van der Waals surface area (Å²) in [5.41, 5.74) is -0.670. The molecular formula is C18H13F3N4O2S. The topological polar surface area (TPSA) is 77.2 Å². The Labute approximate surface area is 157 Å². The number of pyridine rings is 2. The van der Waals surface area contributed by atoms with E-state index in [1.165, 1.54) is 48.0 Å². The standard InChI is InChI=1S/C18H13F3N4O2S/c1-2-28(26,27)14-8-5-9-22-16(14)17-23-15-10-12(18(19,20)21)11-6-3-4-7-13(11)25(15)24-17/h3-10H,2H2,1H3. The van der Waals surface area contributed by atoms with Crippen molar-refractivity contribution in [1.82, 2.24) is 19.6 Å². The molecule has 3 heterocycles. The number of sulfone groups is 1. The molecule has 0 aliphatic carbocycles. The zero-order valence-electron chi connectivity index (χ0n) is 14.5. The van der Waals surface area contributed by atoms with Crippen molar-refractivity contribution in [2.75, 3.05) is 5.75 Å². The van der Waals surface area contributed by atoms with E-state index in [1.54, 1.807) is 6.07 Å². The molecule has 10 heteroatoms. The Balaban J connectivity index is 2.05. The molecule has 0 aliphatic heterocycles. The molecule has 0 saturated heterocycles. The van der Waals surface area contributed by atoms with Crippen LogP contribution in [0.3, 0.4) is 0 Å². The van der Waals surface area contributed by atoms with E-state index in [4.69, 9.17) is 0 Å². The van der Waals surface area contributed by atoms with Crippen molar-refractivity contribution in [3.05, 3.63) is 54.2 Å². The molecule has 0 atom stereocenters. The minimum absolute atomic E-state index is 0.00527. The third-order valence-corrected chi connectivity index (χ3v) is 6.09. The first kappa shape index (κ1) is 18.4. The van der Waals surface area contributed by atoms with E-state index in [0.29, 0.717) is 0 Å². The normalized spacial score (nSPS) is 12.7. The lowest BCUT2D eigenvalue weighted by Gasteiger charge is -2.10. The maximum atomic E-state index is 13.5. The molecule has 0 N–H and O–H groups in total. The van der Waals surface area contributed by atoms with Gasteiger partial charge in [0.05, 0.1) is 21.7 Å². The predicted molar refractivity (Wildman–Crippen MR) is 96.5 cm³/mol. The van der Waals surface area contributed by atoms with Crippen molar-refractivity contribution in [1.29, 1.82) is 0 Å². The molecule has 3 aromatic heterocycles. The molecule has 0 saturated carbocycles. The molecule has 6 nitrogen and oxygen atoms in total. The quantitative estimate of drug-likeness (QED) is 0.518. The summed E-state index contributed by atoms with van der Waals surface area (Å²) >= 11 is 0. The summed E-state index contributed by atoms with van der Waals surface area (Å²) in [5.74, 6) is -0.211. The van der Waals surface area contributed by atoms with E-state index in [9.17, 15) is 21.6 Å². The molecule has 1 aromatic carbocycles. The highest BCUT2D eigenvalue weighted by Gasteiger charge is 2.34. The number of rotatable bonds is 3. The highest BCUT2D eigenvalue weighted by atomic mass is 32.2. The fourth-order valence-electron chi connectivity index (χ4n) is 2.99. The van der Waals surface area contributed by atoms with Gasteiger partial charge in [-0.05, 0) is 24.3 Å². The summed E-state index contributed by atoms with van der Waals surface area (Å²) in [5, 5.41) is 4.23. The smallest absolute Gasteiger partial charge is 0.251 e. The zero-order valence-corrected chi connectivity index (χ0v) is 15.3. The summed E-state index contributed by atoms with van der Waals surface area (Å²) in [7, 11) is -3.62. The molecule has 0 fully saturated rings. The van der Waals surface area contributed by atoms with Gasteiger partial charge >= 0.3 is 6.18 Å². The van der Waals surface area contributed by atoms with Crippen LogP contribution in [0.2, 0.25) is 0 Å². The Hall–Kier alpha value is -3.01. The molecule has 0 bridgehead atoms. The second-order valence-electron chi connectivity index (χ2n) is 6.03. The molecule has 0 amide bonds. The van der Waals surface area contributed by atoms with E-state index in [1.807, 2.05) is 0 Å². The molecule has 0 radical (unpaired) electrons. The van der Waals surface area contributed by atoms with Gasteiger partial charge < -0.3 is 0 Å². The minimum atomic E-state index is -4.57. The summed E-state index contributed by atoms with van der Waals surface area (Å²) in [4.78, 5) is 8.15. The number of alkyl halides is 3. The lowest BCUT2D eigenvalue weighted by atomic mass is 10.1. The van der Waals surface area contributed by atoms with E-state index in [2.05, 4.69) is 15.1 Å². The Morgan fingerprint density at radius 2 is 1.86 bits per heavy atom. The molecule has 4 aromatic rings. The first-order chi connectivity index (χ1) is 13.2. The van der Waals surface area contributed by atoms with E-state index in [0.717, 1.165) is 6.07 Å². The van der Waals surface area contributed by atoms with Gasteiger partial charge in [0.25, 0.3) is 0 Å². The fraction of sp³-hybridized carbons (Fsp3) is 0.167. The molecule has 4 rings (SSSR count). The number of halogens is 3. The van der Waals surface area contributed by atoms with Crippen molar-refractivity contribution in [2.45, 2.75) is 18.0 Å². The van der Waals surface area contributed by atoms with Crippen LogP contribution < -0.4 is 0 Å². The summed E-state index contributed by atoms with van der Waals surface area (Å²) < 4.78 is 66.5. The van der Waals surface area contributed by atoms with Gasteiger partial charge in [0.2, 0.25) is 5.82 Å². The highest BCUT2D eigenvalue weighted by molar-refractivity contribution is 7.91. The van der Waals surface area contributed by atoms with Gasteiger partial charge in [-0.15, -0.1) is 5.10 Å². The average molecular weight is 406 g/mol. The predicted octanol–water partition coefficient (Wildman–Crippen LogP) is 3.76. The van der Waals surface area contributed by atoms with E-state index in [-0.39, 0.29) is 38.7 Å².